The number of hydrogen-bond acceptors (Lipinski definition) is 4. The fraction of sp³-hybridized carbons (Fsp3) is 0.238. The molecule has 0 unspecified atom stereocenters. The number of halogens is 1. The molecular weight excluding hydrogens is 345 g/mol. The van der Waals surface area contributed by atoms with Crippen LogP contribution in [-0.4, -0.2) is 46.9 Å². The third-order valence-electron chi connectivity index (χ3n) is 4.76. The molecule has 0 radical (unpaired) electrons. The average Bonchev–Trinajstić information content (AvgIpc) is 3.20. The smallest absolute Gasteiger partial charge is 0.289 e. The van der Waals surface area contributed by atoms with Gasteiger partial charge < -0.3 is 9.32 Å². The molecule has 0 saturated carbocycles. The molecular formula is C21H20FN3O2. The molecule has 1 saturated heterocycles. The minimum Gasteiger partial charge on any atom is -0.451 e. The molecule has 1 amide bonds. The molecule has 0 bridgehead atoms. The van der Waals surface area contributed by atoms with Crippen molar-refractivity contribution >= 4 is 5.91 Å². The minimum atomic E-state index is -0.300. The summed E-state index contributed by atoms with van der Waals surface area (Å²) in [6.07, 6.45) is 3.59. The van der Waals surface area contributed by atoms with Gasteiger partial charge >= 0.3 is 0 Å². The standard InChI is InChI=1S/C21H20FN3O2/c22-18-3-1-17(2-4-18)19-5-6-20(27-19)21(26)25-13-11-24(12-14-25)15-16-7-9-23-10-8-16/h1-10H,11-15H2. The van der Waals surface area contributed by atoms with Crippen LogP contribution in [0.4, 0.5) is 4.39 Å². The first kappa shape index (κ1) is 17.4. The Kier molecular flexibility index (Phi) is 4.98. The van der Waals surface area contributed by atoms with Gasteiger partial charge in [0.25, 0.3) is 5.91 Å². The third-order valence-corrected chi connectivity index (χ3v) is 4.76. The Balaban J connectivity index is 1.36. The number of benzene rings is 1. The number of hydrogen-bond donors (Lipinski definition) is 0. The fourth-order valence-electron chi connectivity index (χ4n) is 3.23. The fourth-order valence-corrected chi connectivity index (χ4v) is 3.23. The Hall–Kier alpha value is -2.99. The summed E-state index contributed by atoms with van der Waals surface area (Å²) < 4.78 is 18.8. The van der Waals surface area contributed by atoms with Gasteiger partial charge in [0, 0.05) is 50.7 Å². The highest BCUT2D eigenvalue weighted by molar-refractivity contribution is 5.92. The summed E-state index contributed by atoms with van der Waals surface area (Å²) in [7, 11) is 0. The second-order valence-electron chi connectivity index (χ2n) is 6.59. The molecule has 0 N–H and O–H groups in total. The van der Waals surface area contributed by atoms with E-state index in [1.54, 1.807) is 36.7 Å². The summed E-state index contributed by atoms with van der Waals surface area (Å²) in [5.41, 5.74) is 1.97. The number of aromatic nitrogens is 1. The number of furan rings is 1. The lowest BCUT2D eigenvalue weighted by Gasteiger charge is -2.34. The predicted molar refractivity (Wildman–Crippen MR) is 99.5 cm³/mol. The van der Waals surface area contributed by atoms with E-state index in [4.69, 9.17) is 4.42 Å². The van der Waals surface area contributed by atoms with Crippen LogP contribution < -0.4 is 0 Å². The van der Waals surface area contributed by atoms with E-state index in [9.17, 15) is 9.18 Å². The van der Waals surface area contributed by atoms with Gasteiger partial charge in [-0.25, -0.2) is 4.39 Å². The molecule has 27 heavy (non-hydrogen) atoms. The molecule has 138 valence electrons. The summed E-state index contributed by atoms with van der Waals surface area (Å²) in [6.45, 7) is 3.83. The highest BCUT2D eigenvalue weighted by Crippen LogP contribution is 2.23. The maximum atomic E-state index is 13.0. The maximum absolute atomic E-state index is 13.0. The molecule has 6 heteroatoms. The summed E-state index contributed by atoms with van der Waals surface area (Å²) in [6, 6.07) is 13.5. The molecule has 3 heterocycles. The van der Waals surface area contributed by atoms with E-state index < -0.39 is 0 Å². The number of nitrogens with zero attached hydrogens (tertiary/aromatic N) is 3. The van der Waals surface area contributed by atoms with Crippen molar-refractivity contribution in [1.29, 1.82) is 0 Å². The first-order chi connectivity index (χ1) is 13.2. The van der Waals surface area contributed by atoms with Crippen molar-refractivity contribution < 1.29 is 13.6 Å². The van der Waals surface area contributed by atoms with Gasteiger partial charge in [0.1, 0.15) is 11.6 Å². The zero-order valence-electron chi connectivity index (χ0n) is 14.8. The van der Waals surface area contributed by atoms with E-state index in [1.165, 1.54) is 17.7 Å². The van der Waals surface area contributed by atoms with Crippen molar-refractivity contribution in [2.24, 2.45) is 0 Å². The van der Waals surface area contributed by atoms with E-state index in [2.05, 4.69) is 9.88 Å². The predicted octanol–water partition coefficient (Wildman–Crippen LogP) is 3.44. The van der Waals surface area contributed by atoms with Crippen molar-refractivity contribution in [3.8, 4) is 11.3 Å². The summed E-state index contributed by atoms with van der Waals surface area (Å²) in [5, 5.41) is 0. The first-order valence-electron chi connectivity index (χ1n) is 8.95. The maximum Gasteiger partial charge on any atom is 0.289 e. The average molecular weight is 365 g/mol. The third kappa shape index (κ3) is 4.06. The molecule has 0 spiro atoms. The van der Waals surface area contributed by atoms with Crippen molar-refractivity contribution in [3.05, 3.63) is 78.1 Å². The minimum absolute atomic E-state index is 0.105. The molecule has 0 aliphatic carbocycles. The van der Waals surface area contributed by atoms with Gasteiger partial charge in [0.2, 0.25) is 0 Å². The Labute approximate surface area is 157 Å². The highest BCUT2D eigenvalue weighted by Gasteiger charge is 2.24. The molecule has 1 aliphatic rings. The van der Waals surface area contributed by atoms with E-state index in [-0.39, 0.29) is 11.7 Å². The van der Waals surface area contributed by atoms with Gasteiger partial charge in [0.15, 0.2) is 5.76 Å². The van der Waals surface area contributed by atoms with Crippen LogP contribution in [-0.2, 0) is 6.54 Å². The lowest BCUT2D eigenvalue weighted by Crippen LogP contribution is -2.48. The number of piperazine rings is 1. The number of carbonyl (C=O) groups is 1. The highest BCUT2D eigenvalue weighted by atomic mass is 19.1. The van der Waals surface area contributed by atoms with Gasteiger partial charge in [-0.1, -0.05) is 0 Å². The van der Waals surface area contributed by atoms with E-state index in [0.29, 0.717) is 24.6 Å². The van der Waals surface area contributed by atoms with Gasteiger partial charge in [0.05, 0.1) is 0 Å². The Morgan fingerprint density at radius 1 is 0.963 bits per heavy atom. The van der Waals surface area contributed by atoms with Crippen LogP contribution in [0.15, 0.2) is 65.3 Å². The molecule has 1 fully saturated rings. The topological polar surface area (TPSA) is 49.6 Å². The molecule has 1 aromatic carbocycles. The number of pyridine rings is 1. The molecule has 5 nitrogen and oxygen atoms in total. The van der Waals surface area contributed by atoms with Crippen molar-refractivity contribution in [2.75, 3.05) is 26.2 Å². The van der Waals surface area contributed by atoms with Crippen molar-refractivity contribution in [1.82, 2.24) is 14.8 Å². The van der Waals surface area contributed by atoms with Crippen LogP contribution in [0.5, 0.6) is 0 Å². The SMILES string of the molecule is O=C(c1ccc(-c2ccc(F)cc2)o1)N1CCN(Cc2ccncc2)CC1. The van der Waals surface area contributed by atoms with Gasteiger partial charge in [-0.05, 0) is 54.1 Å². The van der Waals surface area contributed by atoms with Gasteiger partial charge in [-0.2, -0.15) is 0 Å². The summed E-state index contributed by atoms with van der Waals surface area (Å²) in [5.74, 6) is 0.477. The normalized spacial score (nSPS) is 15.1. The number of carbonyl (C=O) groups excluding carboxylic acids is 1. The summed E-state index contributed by atoms with van der Waals surface area (Å²) >= 11 is 0. The van der Waals surface area contributed by atoms with Crippen molar-refractivity contribution in [2.45, 2.75) is 6.54 Å². The van der Waals surface area contributed by atoms with Gasteiger partial charge in [-0.3, -0.25) is 14.7 Å². The Bertz CT molecular complexity index is 901. The molecule has 1 aliphatic heterocycles. The lowest BCUT2D eigenvalue weighted by molar-refractivity contribution is 0.0598. The first-order valence-corrected chi connectivity index (χ1v) is 8.95. The molecule has 2 aromatic heterocycles. The molecule has 0 atom stereocenters. The number of amides is 1. The van der Waals surface area contributed by atoms with Crippen molar-refractivity contribution in [3.63, 3.8) is 0 Å². The second-order valence-corrected chi connectivity index (χ2v) is 6.59. The quantitative estimate of drug-likeness (QED) is 0.711. The zero-order chi connectivity index (χ0) is 18.6. The van der Waals surface area contributed by atoms with E-state index in [0.717, 1.165) is 25.2 Å². The second kappa shape index (κ2) is 7.72. The van der Waals surface area contributed by atoms with E-state index >= 15 is 0 Å². The Morgan fingerprint density at radius 2 is 1.67 bits per heavy atom. The molecule has 4 rings (SSSR count). The van der Waals surface area contributed by atoms with Crippen LogP contribution in [0, 0.1) is 5.82 Å². The van der Waals surface area contributed by atoms with E-state index in [1.807, 2.05) is 17.0 Å². The monoisotopic (exact) mass is 365 g/mol. The summed E-state index contributed by atoms with van der Waals surface area (Å²) in [4.78, 5) is 20.9. The van der Waals surface area contributed by atoms with Crippen LogP contribution in [0.1, 0.15) is 16.1 Å². The largest absolute Gasteiger partial charge is 0.451 e. The van der Waals surface area contributed by atoms with Crippen LogP contribution in [0.25, 0.3) is 11.3 Å². The molecule has 3 aromatic rings. The van der Waals surface area contributed by atoms with Crippen LogP contribution >= 0.6 is 0 Å². The van der Waals surface area contributed by atoms with Crippen LogP contribution in [0.3, 0.4) is 0 Å². The Morgan fingerprint density at radius 3 is 2.37 bits per heavy atom. The lowest BCUT2D eigenvalue weighted by atomic mass is 10.2. The zero-order valence-corrected chi connectivity index (χ0v) is 14.8. The number of rotatable bonds is 4. The van der Waals surface area contributed by atoms with Gasteiger partial charge in [-0.15, -0.1) is 0 Å². The van der Waals surface area contributed by atoms with Crippen LogP contribution in [0.2, 0.25) is 0 Å².